The van der Waals surface area contributed by atoms with E-state index in [4.69, 9.17) is 0 Å². The first-order chi connectivity index (χ1) is 17.0. The number of carboxylic acids is 1. The highest BCUT2D eigenvalue weighted by atomic mass is 16.4. The Balaban J connectivity index is 1.41. The molecule has 2 aromatic heterocycles. The number of carbonyl (C=O) groups excluding carboxylic acids is 1. The Morgan fingerprint density at radius 1 is 1.06 bits per heavy atom. The maximum Gasteiger partial charge on any atom is 0.320 e. The molecule has 5 rings (SSSR count). The molecule has 1 unspecified atom stereocenters. The Morgan fingerprint density at radius 2 is 1.89 bits per heavy atom. The first-order valence-electron chi connectivity index (χ1n) is 11.9. The number of amides is 1. The fourth-order valence-corrected chi connectivity index (χ4v) is 4.91. The Labute approximate surface area is 204 Å². The van der Waals surface area contributed by atoms with E-state index >= 15 is 0 Å². The van der Waals surface area contributed by atoms with Crippen LogP contribution in [0.5, 0.6) is 0 Å². The van der Waals surface area contributed by atoms with E-state index in [0.717, 1.165) is 47.5 Å². The van der Waals surface area contributed by atoms with Crippen LogP contribution in [0.2, 0.25) is 0 Å². The van der Waals surface area contributed by atoms with E-state index in [0.29, 0.717) is 24.2 Å². The van der Waals surface area contributed by atoms with Gasteiger partial charge in [-0.05, 0) is 61.2 Å². The van der Waals surface area contributed by atoms with Gasteiger partial charge in [0.2, 0.25) is 0 Å². The summed E-state index contributed by atoms with van der Waals surface area (Å²) < 4.78 is 1.88. The van der Waals surface area contributed by atoms with Crippen LogP contribution in [0.1, 0.15) is 40.9 Å². The molecule has 1 fully saturated rings. The smallest absolute Gasteiger partial charge is 0.320 e. The number of rotatable bonds is 6. The van der Waals surface area contributed by atoms with Crippen LogP contribution in [0.3, 0.4) is 0 Å². The Hall–Kier alpha value is -3.97. The molecule has 1 atom stereocenters. The van der Waals surface area contributed by atoms with Gasteiger partial charge in [-0.3, -0.25) is 14.5 Å². The molecule has 2 N–H and O–H groups in total. The lowest BCUT2D eigenvalue weighted by Crippen LogP contribution is -2.44. The van der Waals surface area contributed by atoms with E-state index in [2.05, 4.69) is 22.4 Å². The number of carbonyl (C=O) groups is 2. The Kier molecular flexibility index (Phi) is 6.33. The van der Waals surface area contributed by atoms with E-state index in [-0.39, 0.29) is 5.91 Å². The number of hydrogen-bond acceptors (Lipinski definition) is 4. The van der Waals surface area contributed by atoms with Crippen LogP contribution in [0.25, 0.3) is 16.8 Å². The number of nitrogens with zero attached hydrogens (tertiary/aromatic N) is 3. The van der Waals surface area contributed by atoms with E-state index in [1.807, 2.05) is 64.9 Å². The zero-order valence-corrected chi connectivity index (χ0v) is 19.6. The molecule has 2 aromatic carbocycles. The number of imidazole rings is 1. The van der Waals surface area contributed by atoms with Crippen molar-refractivity contribution in [1.82, 2.24) is 14.3 Å². The summed E-state index contributed by atoms with van der Waals surface area (Å²) in [5, 5.41) is 12.7. The highest BCUT2D eigenvalue weighted by molar-refractivity contribution is 6.08. The van der Waals surface area contributed by atoms with Crippen molar-refractivity contribution in [2.75, 3.05) is 11.9 Å². The normalized spacial score (nSPS) is 16.3. The third-order valence-corrected chi connectivity index (χ3v) is 6.79. The summed E-state index contributed by atoms with van der Waals surface area (Å²) >= 11 is 0. The van der Waals surface area contributed by atoms with Gasteiger partial charge in [-0.15, -0.1) is 0 Å². The summed E-state index contributed by atoms with van der Waals surface area (Å²) in [5.41, 5.74) is 5.80. The van der Waals surface area contributed by atoms with Crippen LogP contribution in [0.4, 0.5) is 5.69 Å². The standard InChI is InChI=1S/C28H28N4O3/c1-19-22(20-9-3-2-4-10-20)11-7-13-24(19)30-27(33)23-12-8-16-32-21(17-29-26(23)32)18-31-15-6-5-14-25(31)28(34)35/h2-4,7-13,16-17,25H,5-6,14-15,18H2,1H3,(H,30,33)(H,34,35). The predicted octanol–water partition coefficient (Wildman–Crippen LogP) is 5.00. The maximum atomic E-state index is 13.3. The van der Waals surface area contributed by atoms with Crippen molar-refractivity contribution >= 4 is 23.2 Å². The topological polar surface area (TPSA) is 86.9 Å². The SMILES string of the molecule is Cc1c(NC(=O)c2cccn3c(CN4CCCCC4C(=O)O)cnc23)cccc1-c1ccccc1. The van der Waals surface area contributed by atoms with Crippen molar-refractivity contribution in [2.45, 2.75) is 38.8 Å². The molecule has 1 saturated heterocycles. The lowest BCUT2D eigenvalue weighted by Gasteiger charge is -2.32. The number of piperidine rings is 1. The summed E-state index contributed by atoms with van der Waals surface area (Å²) in [6, 6.07) is 19.1. The summed E-state index contributed by atoms with van der Waals surface area (Å²) in [5.74, 6) is -1.02. The van der Waals surface area contributed by atoms with Gasteiger partial charge in [0.05, 0.1) is 17.5 Å². The fraction of sp³-hybridized carbons (Fsp3) is 0.250. The molecule has 7 heteroatoms. The van der Waals surface area contributed by atoms with Crippen molar-refractivity contribution in [3.8, 4) is 11.1 Å². The van der Waals surface area contributed by atoms with Gasteiger partial charge in [0.1, 0.15) is 11.7 Å². The molecule has 1 aliphatic rings. The Morgan fingerprint density at radius 3 is 2.69 bits per heavy atom. The number of benzene rings is 2. The summed E-state index contributed by atoms with van der Waals surface area (Å²) in [4.78, 5) is 31.5. The summed E-state index contributed by atoms with van der Waals surface area (Å²) in [6.07, 6.45) is 6.17. The lowest BCUT2D eigenvalue weighted by atomic mass is 9.99. The number of fused-ring (bicyclic) bond motifs is 1. The first kappa shape index (κ1) is 22.8. The second-order valence-electron chi connectivity index (χ2n) is 8.98. The third-order valence-electron chi connectivity index (χ3n) is 6.79. The van der Waals surface area contributed by atoms with Crippen LogP contribution in [-0.4, -0.2) is 43.9 Å². The van der Waals surface area contributed by atoms with Gasteiger partial charge in [-0.2, -0.15) is 0 Å². The third kappa shape index (κ3) is 4.55. The van der Waals surface area contributed by atoms with Gasteiger partial charge in [0.25, 0.3) is 5.91 Å². The zero-order chi connectivity index (χ0) is 24.4. The van der Waals surface area contributed by atoms with Gasteiger partial charge in [-0.25, -0.2) is 4.98 Å². The molecule has 35 heavy (non-hydrogen) atoms. The second kappa shape index (κ2) is 9.72. The van der Waals surface area contributed by atoms with Gasteiger partial charge < -0.3 is 14.8 Å². The van der Waals surface area contributed by atoms with Crippen molar-refractivity contribution in [3.05, 3.63) is 89.9 Å². The van der Waals surface area contributed by atoms with Gasteiger partial charge >= 0.3 is 5.97 Å². The first-order valence-corrected chi connectivity index (χ1v) is 11.9. The Bertz CT molecular complexity index is 1380. The molecule has 0 radical (unpaired) electrons. The number of likely N-dealkylation sites (tertiary alicyclic amines) is 1. The number of aromatic nitrogens is 2. The van der Waals surface area contributed by atoms with E-state index in [1.165, 1.54) is 0 Å². The number of hydrogen-bond donors (Lipinski definition) is 2. The number of anilines is 1. The number of carboxylic acid groups (broad SMARTS) is 1. The van der Waals surface area contributed by atoms with E-state index < -0.39 is 12.0 Å². The van der Waals surface area contributed by atoms with E-state index in [9.17, 15) is 14.7 Å². The molecule has 0 saturated carbocycles. The van der Waals surface area contributed by atoms with Crippen molar-refractivity contribution in [1.29, 1.82) is 0 Å². The van der Waals surface area contributed by atoms with Crippen LogP contribution < -0.4 is 5.32 Å². The minimum absolute atomic E-state index is 0.234. The molecule has 1 amide bonds. The summed E-state index contributed by atoms with van der Waals surface area (Å²) in [6.45, 7) is 3.21. The predicted molar refractivity (Wildman–Crippen MR) is 135 cm³/mol. The summed E-state index contributed by atoms with van der Waals surface area (Å²) in [7, 11) is 0. The molecular formula is C28H28N4O3. The van der Waals surface area contributed by atoms with Crippen LogP contribution in [0, 0.1) is 6.92 Å². The number of nitrogens with one attached hydrogen (secondary N) is 1. The molecule has 178 valence electrons. The van der Waals surface area contributed by atoms with E-state index in [1.54, 1.807) is 12.3 Å². The average Bonchev–Trinajstić information content (AvgIpc) is 3.29. The highest BCUT2D eigenvalue weighted by Crippen LogP contribution is 2.29. The molecule has 4 aromatic rings. The van der Waals surface area contributed by atoms with Gasteiger partial charge in [0, 0.05) is 18.4 Å². The average molecular weight is 469 g/mol. The number of pyridine rings is 1. The molecule has 0 bridgehead atoms. The molecular weight excluding hydrogens is 440 g/mol. The fourth-order valence-electron chi connectivity index (χ4n) is 4.91. The van der Waals surface area contributed by atoms with Crippen molar-refractivity contribution < 1.29 is 14.7 Å². The molecule has 3 heterocycles. The number of aliphatic carboxylic acids is 1. The largest absolute Gasteiger partial charge is 0.480 e. The van der Waals surface area contributed by atoms with Crippen molar-refractivity contribution in [2.24, 2.45) is 0 Å². The van der Waals surface area contributed by atoms with Crippen molar-refractivity contribution in [3.63, 3.8) is 0 Å². The minimum Gasteiger partial charge on any atom is -0.480 e. The molecule has 7 nitrogen and oxygen atoms in total. The molecule has 1 aliphatic heterocycles. The van der Waals surface area contributed by atoms with Gasteiger partial charge in [0.15, 0.2) is 0 Å². The maximum absolute atomic E-state index is 13.3. The molecule has 0 spiro atoms. The van der Waals surface area contributed by atoms with Gasteiger partial charge in [-0.1, -0.05) is 48.9 Å². The zero-order valence-electron chi connectivity index (χ0n) is 19.6. The second-order valence-corrected chi connectivity index (χ2v) is 8.98. The molecule has 0 aliphatic carbocycles. The lowest BCUT2D eigenvalue weighted by molar-refractivity contribution is -0.144. The minimum atomic E-state index is -0.785. The van der Waals surface area contributed by atoms with Crippen LogP contribution in [-0.2, 0) is 11.3 Å². The van der Waals surface area contributed by atoms with Crippen LogP contribution >= 0.6 is 0 Å². The quantitative estimate of drug-likeness (QED) is 0.416. The van der Waals surface area contributed by atoms with Crippen LogP contribution in [0.15, 0.2) is 73.1 Å². The highest BCUT2D eigenvalue weighted by Gasteiger charge is 2.29. The monoisotopic (exact) mass is 468 g/mol.